The summed E-state index contributed by atoms with van der Waals surface area (Å²) in [5.41, 5.74) is 0. The Hall–Kier alpha value is -1.06. The second-order valence-electron chi connectivity index (χ2n) is 4.70. The van der Waals surface area contributed by atoms with Gasteiger partial charge >= 0.3 is 0 Å². The molecule has 0 heterocycles. The first-order valence-electron chi connectivity index (χ1n) is 5.46. The van der Waals surface area contributed by atoms with Crippen LogP contribution in [0.25, 0.3) is 0 Å². The van der Waals surface area contributed by atoms with E-state index in [0.29, 0.717) is 29.6 Å². The monoisotopic (exact) mass is 212 g/mol. The van der Waals surface area contributed by atoms with Gasteiger partial charge in [0, 0.05) is 24.3 Å². The molecule has 0 radical (unpaired) electrons. The molecular formula is C11H20N2O2. The molecule has 1 aliphatic rings. The van der Waals surface area contributed by atoms with E-state index in [1.165, 1.54) is 0 Å². The van der Waals surface area contributed by atoms with Crippen LogP contribution in [0.15, 0.2) is 10.3 Å². The molecule has 0 aliphatic heterocycles. The van der Waals surface area contributed by atoms with Crippen LogP contribution in [-0.2, 0) is 0 Å². The molecule has 5 atom stereocenters. The lowest BCUT2D eigenvalue weighted by atomic mass is 9.64. The van der Waals surface area contributed by atoms with Crippen LogP contribution >= 0.6 is 0 Å². The Kier molecular flexibility index (Phi) is 4.12. The first-order chi connectivity index (χ1) is 7.11. The fourth-order valence-corrected chi connectivity index (χ4v) is 2.70. The molecule has 1 saturated carbocycles. The van der Waals surface area contributed by atoms with Gasteiger partial charge in [-0.1, -0.05) is 20.8 Å². The lowest BCUT2D eigenvalue weighted by Crippen LogP contribution is -2.38. The Balaban J connectivity index is 2.78. The Morgan fingerprint density at radius 1 is 1.00 bits per heavy atom. The van der Waals surface area contributed by atoms with Crippen molar-refractivity contribution in [2.45, 2.75) is 27.2 Å². The van der Waals surface area contributed by atoms with Crippen LogP contribution in [0, 0.1) is 29.6 Å². The van der Waals surface area contributed by atoms with Gasteiger partial charge in [-0.05, 0) is 24.2 Å². The largest absolute Gasteiger partial charge is 0.411 e. The predicted molar refractivity (Wildman–Crippen MR) is 59.6 cm³/mol. The van der Waals surface area contributed by atoms with Crippen LogP contribution in [0.4, 0.5) is 0 Å². The number of oxime groups is 2. The molecule has 4 nitrogen and oxygen atoms in total. The molecule has 1 fully saturated rings. The third-order valence-corrected chi connectivity index (χ3v) is 3.91. The minimum absolute atomic E-state index is 0.313. The third kappa shape index (κ3) is 2.49. The van der Waals surface area contributed by atoms with Crippen molar-refractivity contribution >= 4 is 12.4 Å². The third-order valence-electron chi connectivity index (χ3n) is 3.91. The molecule has 0 aromatic carbocycles. The van der Waals surface area contributed by atoms with E-state index in [4.69, 9.17) is 10.4 Å². The Morgan fingerprint density at radius 2 is 1.60 bits per heavy atom. The van der Waals surface area contributed by atoms with Gasteiger partial charge in [-0.2, -0.15) is 0 Å². The summed E-state index contributed by atoms with van der Waals surface area (Å²) in [5.74, 6) is 1.97. The van der Waals surface area contributed by atoms with Gasteiger partial charge in [-0.25, -0.2) is 0 Å². The van der Waals surface area contributed by atoms with Gasteiger partial charge in [0.15, 0.2) is 0 Å². The second-order valence-corrected chi connectivity index (χ2v) is 4.70. The molecule has 0 spiro atoms. The van der Waals surface area contributed by atoms with Gasteiger partial charge in [0.25, 0.3) is 0 Å². The molecule has 4 heteroatoms. The normalized spacial score (nSPS) is 42.7. The first-order valence-corrected chi connectivity index (χ1v) is 5.46. The van der Waals surface area contributed by atoms with E-state index in [2.05, 4.69) is 31.1 Å². The zero-order valence-electron chi connectivity index (χ0n) is 9.54. The molecule has 0 aromatic heterocycles. The molecular weight excluding hydrogens is 192 g/mol. The highest BCUT2D eigenvalue weighted by Gasteiger charge is 2.37. The van der Waals surface area contributed by atoms with Gasteiger partial charge in [0.1, 0.15) is 0 Å². The number of hydrogen-bond donors (Lipinski definition) is 2. The smallest absolute Gasteiger partial charge is 0.0472 e. The summed E-state index contributed by atoms with van der Waals surface area (Å²) in [4.78, 5) is 0. The standard InChI is InChI=1S/C11H20N2O2/c1-7-4-10(5-12-14)8(2)9(3)11(7)6-13-15/h5-11,14-15H,4H2,1-3H3/b12-5+,13-6+. The highest BCUT2D eigenvalue weighted by Crippen LogP contribution is 2.40. The van der Waals surface area contributed by atoms with Crippen LogP contribution in [0.2, 0.25) is 0 Å². The highest BCUT2D eigenvalue weighted by atomic mass is 16.4. The summed E-state index contributed by atoms with van der Waals surface area (Å²) in [6.45, 7) is 6.46. The average Bonchev–Trinajstić information content (AvgIpc) is 2.21. The van der Waals surface area contributed by atoms with Gasteiger partial charge in [-0.15, -0.1) is 10.3 Å². The van der Waals surface area contributed by atoms with E-state index >= 15 is 0 Å². The molecule has 86 valence electrons. The van der Waals surface area contributed by atoms with Crippen LogP contribution < -0.4 is 0 Å². The Labute approximate surface area is 90.7 Å². The Morgan fingerprint density at radius 3 is 2.13 bits per heavy atom. The van der Waals surface area contributed by atoms with Crippen LogP contribution in [0.5, 0.6) is 0 Å². The molecule has 1 aliphatic carbocycles. The predicted octanol–water partition coefficient (Wildman–Crippen LogP) is 2.45. The maximum atomic E-state index is 8.61. The molecule has 2 N–H and O–H groups in total. The zero-order valence-corrected chi connectivity index (χ0v) is 9.54. The maximum Gasteiger partial charge on any atom is 0.0472 e. The van der Waals surface area contributed by atoms with Gasteiger partial charge < -0.3 is 10.4 Å². The van der Waals surface area contributed by atoms with Crippen molar-refractivity contribution < 1.29 is 10.4 Å². The van der Waals surface area contributed by atoms with Gasteiger partial charge in [0.2, 0.25) is 0 Å². The fraction of sp³-hybridized carbons (Fsp3) is 0.818. The summed E-state index contributed by atoms with van der Waals surface area (Å²) in [7, 11) is 0. The van der Waals surface area contributed by atoms with E-state index in [1.807, 2.05) is 0 Å². The molecule has 1 rings (SSSR count). The van der Waals surface area contributed by atoms with E-state index in [-0.39, 0.29) is 0 Å². The summed E-state index contributed by atoms with van der Waals surface area (Å²) < 4.78 is 0. The first kappa shape index (κ1) is 12.0. The maximum absolute atomic E-state index is 8.61. The second kappa shape index (κ2) is 5.14. The molecule has 5 unspecified atom stereocenters. The van der Waals surface area contributed by atoms with Crippen molar-refractivity contribution in [1.82, 2.24) is 0 Å². The highest BCUT2D eigenvalue weighted by molar-refractivity contribution is 5.64. The summed E-state index contributed by atoms with van der Waals surface area (Å²) in [6, 6.07) is 0. The molecule has 0 saturated heterocycles. The van der Waals surface area contributed by atoms with Crippen LogP contribution in [0.3, 0.4) is 0 Å². The molecule has 0 aromatic rings. The number of nitrogens with zero attached hydrogens (tertiary/aromatic N) is 2. The minimum Gasteiger partial charge on any atom is -0.411 e. The van der Waals surface area contributed by atoms with Crippen molar-refractivity contribution in [2.75, 3.05) is 0 Å². The van der Waals surface area contributed by atoms with Crippen molar-refractivity contribution in [3.05, 3.63) is 0 Å². The summed E-state index contributed by atoms with van der Waals surface area (Å²) in [5, 5.41) is 23.5. The number of rotatable bonds is 2. The quantitative estimate of drug-likeness (QED) is 0.419. The molecule has 15 heavy (non-hydrogen) atoms. The van der Waals surface area contributed by atoms with Crippen LogP contribution in [0.1, 0.15) is 27.2 Å². The summed E-state index contributed by atoms with van der Waals surface area (Å²) in [6.07, 6.45) is 4.24. The van der Waals surface area contributed by atoms with Crippen molar-refractivity contribution in [1.29, 1.82) is 0 Å². The van der Waals surface area contributed by atoms with Gasteiger partial charge in [-0.3, -0.25) is 0 Å². The van der Waals surface area contributed by atoms with Crippen molar-refractivity contribution in [3.8, 4) is 0 Å². The molecule has 0 bridgehead atoms. The van der Waals surface area contributed by atoms with E-state index in [0.717, 1.165) is 6.42 Å². The van der Waals surface area contributed by atoms with Crippen molar-refractivity contribution in [2.24, 2.45) is 39.9 Å². The lowest BCUT2D eigenvalue weighted by Gasteiger charge is -2.40. The lowest BCUT2D eigenvalue weighted by molar-refractivity contribution is 0.139. The SMILES string of the molecule is CC1CC(/C=N/O)C(C)C(C)C1/C=N/O. The topological polar surface area (TPSA) is 65.2 Å². The fourth-order valence-electron chi connectivity index (χ4n) is 2.70. The summed E-state index contributed by atoms with van der Waals surface area (Å²) >= 11 is 0. The van der Waals surface area contributed by atoms with Crippen LogP contribution in [-0.4, -0.2) is 22.8 Å². The van der Waals surface area contributed by atoms with Gasteiger partial charge in [0.05, 0.1) is 0 Å². The number of hydrogen-bond acceptors (Lipinski definition) is 4. The van der Waals surface area contributed by atoms with E-state index < -0.39 is 0 Å². The molecule has 0 amide bonds. The van der Waals surface area contributed by atoms with Crippen molar-refractivity contribution in [3.63, 3.8) is 0 Å². The van der Waals surface area contributed by atoms with E-state index in [1.54, 1.807) is 12.4 Å². The van der Waals surface area contributed by atoms with E-state index in [9.17, 15) is 0 Å². The zero-order chi connectivity index (χ0) is 11.4. The Bertz CT molecular complexity index is 253. The minimum atomic E-state index is 0.313. The average molecular weight is 212 g/mol.